The molecule has 0 spiro atoms. The Labute approximate surface area is 256 Å². The van der Waals surface area contributed by atoms with E-state index in [0.717, 1.165) is 39.5 Å². The molecule has 43 heavy (non-hydrogen) atoms. The summed E-state index contributed by atoms with van der Waals surface area (Å²) in [5.41, 5.74) is 4.04. The number of fused-ring (bicyclic) bond motifs is 2. The van der Waals surface area contributed by atoms with Gasteiger partial charge in [0.15, 0.2) is 17.1 Å². The Morgan fingerprint density at radius 2 is 1.86 bits per heavy atom. The van der Waals surface area contributed by atoms with E-state index in [9.17, 15) is 9.59 Å². The maximum atomic E-state index is 13.0. The van der Waals surface area contributed by atoms with Gasteiger partial charge in [0.05, 0.1) is 21.5 Å². The van der Waals surface area contributed by atoms with Crippen LogP contribution in [0.2, 0.25) is 0 Å². The first kappa shape index (κ1) is 33.3. The summed E-state index contributed by atoms with van der Waals surface area (Å²) >= 11 is 1.56. The zero-order valence-electron chi connectivity index (χ0n) is 25.4. The lowest BCUT2D eigenvalue weighted by Crippen LogP contribution is -2.23. The fraction of sp³-hybridized carbons (Fsp3) is 0.344. The Morgan fingerprint density at radius 1 is 1.07 bits per heavy atom. The van der Waals surface area contributed by atoms with Crippen molar-refractivity contribution in [3.8, 4) is 11.4 Å². The second-order valence-electron chi connectivity index (χ2n) is 10.2. The lowest BCUT2D eigenvalue weighted by Gasteiger charge is -2.07. The van der Waals surface area contributed by atoms with Crippen LogP contribution in [0, 0.1) is 5.92 Å². The second kappa shape index (κ2) is 17.1. The van der Waals surface area contributed by atoms with Gasteiger partial charge in [-0.1, -0.05) is 50.2 Å². The van der Waals surface area contributed by atoms with Gasteiger partial charge < -0.3 is 21.1 Å². The van der Waals surface area contributed by atoms with Crippen LogP contribution in [0.3, 0.4) is 0 Å². The molecule has 0 atom stereocenters. The fourth-order valence-electron chi connectivity index (χ4n) is 4.20. The maximum Gasteiger partial charge on any atom is 0.255 e. The van der Waals surface area contributed by atoms with Gasteiger partial charge in [-0.05, 0) is 68.4 Å². The van der Waals surface area contributed by atoms with Gasteiger partial charge in [-0.15, -0.1) is 0 Å². The van der Waals surface area contributed by atoms with Gasteiger partial charge in [0.25, 0.3) is 5.91 Å². The highest BCUT2D eigenvalue weighted by molar-refractivity contribution is 7.22. The summed E-state index contributed by atoms with van der Waals surface area (Å²) in [6.07, 6.45) is 7.48. The van der Waals surface area contributed by atoms with E-state index >= 15 is 0 Å². The minimum atomic E-state index is -0.272. The van der Waals surface area contributed by atoms with Crippen LogP contribution in [-0.4, -0.2) is 64.4 Å². The second-order valence-corrected chi connectivity index (χ2v) is 11.2. The Hall–Kier alpha value is -4.19. The highest BCUT2D eigenvalue weighted by Crippen LogP contribution is 2.27. The average molecular weight is 604 g/mol. The molecule has 0 aliphatic carbocycles. The lowest BCUT2D eigenvalue weighted by atomic mass is 10.1. The maximum absolute atomic E-state index is 13.0. The number of hydrogen-bond acceptors (Lipinski definition) is 9. The van der Waals surface area contributed by atoms with E-state index in [4.69, 9.17) is 5.11 Å². The first-order valence-corrected chi connectivity index (χ1v) is 15.1. The normalized spacial score (nSPS) is 10.6. The monoisotopic (exact) mass is 603 g/mol. The molecule has 5 rings (SSSR count). The number of anilines is 1. The molecule has 0 aliphatic heterocycles. The van der Waals surface area contributed by atoms with E-state index in [1.165, 1.54) is 12.8 Å². The smallest absolute Gasteiger partial charge is 0.255 e. The summed E-state index contributed by atoms with van der Waals surface area (Å²) in [5.74, 6) is 0.521. The largest absolute Gasteiger partial charge is 0.396 e. The summed E-state index contributed by atoms with van der Waals surface area (Å²) < 4.78 is 2.67. The lowest BCUT2D eigenvalue weighted by molar-refractivity contribution is 0.0951. The minimum absolute atomic E-state index is 0.272. The number of nitrogens with one attached hydrogen (secondary N) is 3. The van der Waals surface area contributed by atoms with E-state index in [2.05, 4.69) is 44.7 Å². The number of carbonyl (C=O) groups is 2. The number of carbonyl (C=O) groups excluding carboxylic acids is 2. The molecule has 10 nitrogen and oxygen atoms in total. The molecule has 0 bridgehead atoms. The number of pyridine rings is 2. The van der Waals surface area contributed by atoms with Crippen molar-refractivity contribution in [2.45, 2.75) is 39.7 Å². The molecule has 0 unspecified atom stereocenters. The van der Waals surface area contributed by atoms with Gasteiger partial charge >= 0.3 is 0 Å². The van der Waals surface area contributed by atoms with E-state index in [-0.39, 0.29) is 5.91 Å². The van der Waals surface area contributed by atoms with E-state index in [1.54, 1.807) is 52.4 Å². The summed E-state index contributed by atoms with van der Waals surface area (Å²) in [6, 6.07) is 14.7. The number of aliphatic hydroxyl groups is 1. The molecule has 0 aliphatic rings. The van der Waals surface area contributed by atoms with Crippen LogP contribution < -0.4 is 16.0 Å². The standard InChI is InChI=1S/C23H18N6O2S.C7H16O.C2H7N/c1-24-23-27-16-8-7-14(11-19(16)32-23)12-26-22(31)15-5-4-10-29-18(13-30)20(28-21(15)29)17-6-2-3-9-25-17;1-7(2)5-3-4-6-8;1-3-2/h2-11,13H,12H2,1H3,(H,24,27)(H,26,31);7-8H,3-6H2,1-2H3;3H,1-2H3. The van der Waals surface area contributed by atoms with Crippen molar-refractivity contribution in [1.82, 2.24) is 30.0 Å². The van der Waals surface area contributed by atoms with Crippen LogP contribution in [0.25, 0.3) is 27.3 Å². The van der Waals surface area contributed by atoms with Gasteiger partial charge in [0, 0.05) is 32.6 Å². The SMILES string of the molecule is CC(C)CCCCO.CNC.CNc1nc2ccc(CNC(=O)c3cccn4c(C=O)c(-c5ccccn5)nc34)cc2s1. The van der Waals surface area contributed by atoms with Crippen molar-refractivity contribution in [1.29, 1.82) is 0 Å². The Kier molecular flexibility index (Phi) is 13.2. The third-order valence-corrected chi connectivity index (χ3v) is 7.30. The third kappa shape index (κ3) is 9.15. The van der Waals surface area contributed by atoms with Crippen molar-refractivity contribution in [3.05, 3.63) is 77.7 Å². The molecule has 0 radical (unpaired) electrons. The molecule has 228 valence electrons. The zero-order valence-corrected chi connectivity index (χ0v) is 26.2. The number of thiazole rings is 1. The van der Waals surface area contributed by atoms with Crippen LogP contribution in [-0.2, 0) is 6.54 Å². The summed E-state index contributed by atoms with van der Waals surface area (Å²) in [6.45, 7) is 5.12. The van der Waals surface area contributed by atoms with Gasteiger partial charge in [0.2, 0.25) is 0 Å². The van der Waals surface area contributed by atoms with Crippen molar-refractivity contribution in [2.24, 2.45) is 5.92 Å². The van der Waals surface area contributed by atoms with Crippen LogP contribution in [0.5, 0.6) is 0 Å². The number of nitrogens with zero attached hydrogens (tertiary/aromatic N) is 4. The van der Waals surface area contributed by atoms with Crippen molar-refractivity contribution in [3.63, 3.8) is 0 Å². The van der Waals surface area contributed by atoms with Gasteiger partial charge in [-0.3, -0.25) is 19.0 Å². The number of benzene rings is 1. The number of aromatic nitrogens is 4. The first-order valence-electron chi connectivity index (χ1n) is 14.3. The quantitative estimate of drug-likeness (QED) is 0.123. The van der Waals surface area contributed by atoms with E-state index in [0.29, 0.717) is 41.4 Å². The molecule has 0 saturated heterocycles. The van der Waals surface area contributed by atoms with Crippen LogP contribution in [0.4, 0.5) is 5.13 Å². The Morgan fingerprint density at radius 3 is 2.51 bits per heavy atom. The molecular formula is C32H41N7O3S. The topological polar surface area (TPSA) is 134 Å². The molecule has 1 aromatic carbocycles. The van der Waals surface area contributed by atoms with Gasteiger partial charge in [0.1, 0.15) is 11.4 Å². The molecule has 1 amide bonds. The minimum Gasteiger partial charge on any atom is -0.396 e. The predicted octanol–water partition coefficient (Wildman–Crippen LogP) is 5.43. The number of aldehydes is 1. The van der Waals surface area contributed by atoms with Crippen molar-refractivity contribution < 1.29 is 14.7 Å². The van der Waals surface area contributed by atoms with Crippen LogP contribution >= 0.6 is 11.3 Å². The number of unbranched alkanes of at least 4 members (excludes halogenated alkanes) is 1. The Bertz CT molecular complexity index is 1600. The average Bonchev–Trinajstić information content (AvgIpc) is 3.62. The summed E-state index contributed by atoms with van der Waals surface area (Å²) in [5, 5.41) is 18.0. The zero-order chi connectivity index (χ0) is 31.2. The molecule has 0 saturated carbocycles. The summed E-state index contributed by atoms with van der Waals surface area (Å²) in [7, 11) is 5.59. The third-order valence-electron chi connectivity index (χ3n) is 6.26. The number of imidazole rings is 1. The molecule has 4 aromatic heterocycles. The highest BCUT2D eigenvalue weighted by Gasteiger charge is 2.19. The summed E-state index contributed by atoms with van der Waals surface area (Å²) in [4.78, 5) is 38.1. The molecular weight excluding hydrogens is 562 g/mol. The molecule has 11 heteroatoms. The first-order chi connectivity index (χ1) is 20.9. The molecule has 5 aromatic rings. The predicted molar refractivity (Wildman–Crippen MR) is 175 cm³/mol. The number of amides is 1. The highest BCUT2D eigenvalue weighted by atomic mass is 32.1. The number of hydrogen-bond donors (Lipinski definition) is 4. The van der Waals surface area contributed by atoms with Crippen molar-refractivity contribution in [2.75, 3.05) is 33.1 Å². The molecule has 4 N–H and O–H groups in total. The van der Waals surface area contributed by atoms with Gasteiger partial charge in [-0.2, -0.15) is 0 Å². The fourth-order valence-corrected chi connectivity index (χ4v) is 5.08. The van der Waals surface area contributed by atoms with Crippen LogP contribution in [0.15, 0.2) is 60.9 Å². The number of rotatable bonds is 10. The molecule has 4 heterocycles. The van der Waals surface area contributed by atoms with Gasteiger partial charge in [-0.25, -0.2) is 9.97 Å². The van der Waals surface area contributed by atoms with Crippen molar-refractivity contribution >= 4 is 44.5 Å². The van der Waals surface area contributed by atoms with Crippen LogP contribution in [0.1, 0.15) is 59.5 Å². The van der Waals surface area contributed by atoms with E-state index in [1.807, 2.05) is 45.4 Å². The molecule has 0 fully saturated rings. The van der Waals surface area contributed by atoms with E-state index < -0.39 is 0 Å². The Balaban J connectivity index is 0.000000396. The number of aliphatic hydroxyl groups excluding tert-OH is 1.